The van der Waals surface area contributed by atoms with Gasteiger partial charge in [0.2, 0.25) is 5.91 Å². The van der Waals surface area contributed by atoms with Crippen LogP contribution in [0, 0.1) is 11.8 Å². The predicted molar refractivity (Wildman–Crippen MR) is 119 cm³/mol. The summed E-state index contributed by atoms with van der Waals surface area (Å²) in [6.45, 7) is 6.75. The molecule has 0 aromatic carbocycles. The fraction of sp³-hybridized carbons (Fsp3) is 0.727. The van der Waals surface area contributed by atoms with Gasteiger partial charge in [-0.15, -0.1) is 0 Å². The summed E-state index contributed by atoms with van der Waals surface area (Å²) >= 11 is 0. The van der Waals surface area contributed by atoms with Crippen molar-refractivity contribution in [3.8, 4) is 0 Å². The lowest BCUT2D eigenvalue weighted by atomic mass is 9.72. The summed E-state index contributed by atoms with van der Waals surface area (Å²) in [5.41, 5.74) is 1.17. The molecule has 1 amide bonds. The topological polar surface area (TPSA) is 119 Å². The number of rotatable bonds is 5. The smallest absolute Gasteiger partial charge is 0.290 e. The Morgan fingerprint density at radius 1 is 1.19 bits per heavy atom. The Kier molecular flexibility index (Phi) is 10.1. The van der Waals surface area contributed by atoms with Crippen molar-refractivity contribution in [3.63, 3.8) is 0 Å². The molecule has 2 N–H and O–H groups in total. The number of nitrogens with zero attached hydrogens (tertiary/aromatic N) is 5. The molecule has 32 heavy (non-hydrogen) atoms. The molecule has 4 atom stereocenters. The van der Waals surface area contributed by atoms with E-state index in [-0.39, 0.29) is 12.9 Å². The Bertz CT molecular complexity index is 734. The number of likely N-dealkylation sites (tertiary alicyclic amines) is 1. The van der Waals surface area contributed by atoms with Gasteiger partial charge in [-0.05, 0) is 52.1 Å². The first-order valence-electron chi connectivity index (χ1n) is 11.2. The molecule has 0 radical (unpaired) electrons. The third-order valence-corrected chi connectivity index (χ3v) is 6.56. The molecule has 4 heterocycles. The van der Waals surface area contributed by atoms with Crippen LogP contribution in [0.1, 0.15) is 38.3 Å². The summed E-state index contributed by atoms with van der Waals surface area (Å²) in [4.78, 5) is 41.2. The van der Waals surface area contributed by atoms with Gasteiger partial charge in [-0.25, -0.2) is 4.98 Å². The molecule has 4 rings (SSSR count). The van der Waals surface area contributed by atoms with Crippen LogP contribution in [0.25, 0.3) is 0 Å². The van der Waals surface area contributed by atoms with E-state index in [0.29, 0.717) is 29.8 Å². The molecular formula is C22H37N5O5. The maximum Gasteiger partial charge on any atom is 0.290 e. The van der Waals surface area contributed by atoms with Crippen LogP contribution in [0.3, 0.4) is 0 Å². The van der Waals surface area contributed by atoms with Gasteiger partial charge in [0, 0.05) is 57.4 Å². The maximum atomic E-state index is 12.7. The molecule has 10 heteroatoms. The van der Waals surface area contributed by atoms with Crippen LogP contribution >= 0.6 is 0 Å². The van der Waals surface area contributed by atoms with Crippen molar-refractivity contribution in [2.45, 2.75) is 57.8 Å². The highest BCUT2D eigenvalue weighted by atomic mass is 16.3. The fourth-order valence-electron chi connectivity index (χ4n) is 5.50. The van der Waals surface area contributed by atoms with Crippen molar-refractivity contribution in [2.24, 2.45) is 11.8 Å². The number of carboxylic acid groups (broad SMARTS) is 2. The summed E-state index contributed by atoms with van der Waals surface area (Å²) in [6, 6.07) is 0.823. The first-order chi connectivity index (χ1) is 15.4. The SMILES string of the molecule is CCn1cnc(CN2C[C@H]3C[C@@H](C2)[C@H](CN(C)C)N2C(=O)CCC[C@@H]32)c1.O=CO.O=CO. The van der Waals surface area contributed by atoms with E-state index in [1.54, 1.807) is 0 Å². The molecule has 2 bridgehead atoms. The molecule has 180 valence electrons. The first kappa shape index (κ1) is 25.8. The van der Waals surface area contributed by atoms with Crippen molar-refractivity contribution >= 4 is 18.9 Å². The summed E-state index contributed by atoms with van der Waals surface area (Å²) in [6.07, 6.45) is 8.40. The Morgan fingerprint density at radius 3 is 2.44 bits per heavy atom. The fourth-order valence-corrected chi connectivity index (χ4v) is 5.50. The van der Waals surface area contributed by atoms with Gasteiger partial charge in [-0.1, -0.05) is 0 Å². The minimum atomic E-state index is -0.250. The number of amides is 1. The van der Waals surface area contributed by atoms with E-state index >= 15 is 0 Å². The molecule has 0 spiro atoms. The average Bonchev–Trinajstić information content (AvgIpc) is 3.20. The van der Waals surface area contributed by atoms with Crippen molar-refractivity contribution in [2.75, 3.05) is 33.7 Å². The molecule has 3 saturated heterocycles. The minimum absolute atomic E-state index is 0.250. The monoisotopic (exact) mass is 451 g/mol. The number of likely N-dealkylation sites (N-methyl/N-ethyl adjacent to an activating group) is 1. The van der Waals surface area contributed by atoms with Crippen molar-refractivity contribution in [3.05, 3.63) is 18.2 Å². The Labute approximate surface area is 189 Å². The normalized spacial score (nSPS) is 26.9. The van der Waals surface area contributed by atoms with Crippen LogP contribution < -0.4 is 0 Å². The number of fused-ring (bicyclic) bond motifs is 4. The zero-order chi connectivity index (χ0) is 23.7. The molecule has 3 aliphatic heterocycles. The van der Waals surface area contributed by atoms with E-state index in [1.165, 1.54) is 18.5 Å². The van der Waals surface area contributed by atoms with Gasteiger partial charge in [0.05, 0.1) is 12.0 Å². The molecule has 1 aromatic heterocycles. The molecule has 0 saturated carbocycles. The number of imidazole rings is 1. The first-order valence-corrected chi connectivity index (χ1v) is 11.2. The summed E-state index contributed by atoms with van der Waals surface area (Å²) < 4.78 is 2.15. The summed E-state index contributed by atoms with van der Waals surface area (Å²) in [5, 5.41) is 13.8. The van der Waals surface area contributed by atoms with E-state index in [2.05, 4.69) is 51.5 Å². The van der Waals surface area contributed by atoms with Gasteiger partial charge >= 0.3 is 0 Å². The second-order valence-electron chi connectivity index (χ2n) is 8.95. The van der Waals surface area contributed by atoms with Crippen molar-refractivity contribution < 1.29 is 24.6 Å². The van der Waals surface area contributed by atoms with Crippen molar-refractivity contribution in [1.82, 2.24) is 24.3 Å². The van der Waals surface area contributed by atoms with Crippen molar-refractivity contribution in [1.29, 1.82) is 0 Å². The molecule has 0 aliphatic carbocycles. The standard InChI is InChI=1S/C20H33N5O.2CH2O2/c1-4-23-11-17(21-14-23)12-24-9-15-8-16(10-24)19(13-22(2)3)25-18(15)6-5-7-20(25)26;2*2-1-3/h11,14-16,18-19H,4-10,12-13H2,1-3H3;2*1H,(H,2,3)/t15-,16+,18+,19+;;/m1../s1. The number of piperidine rings is 3. The van der Waals surface area contributed by atoms with E-state index in [1.807, 2.05) is 6.33 Å². The van der Waals surface area contributed by atoms with Crippen LogP contribution in [0.2, 0.25) is 0 Å². The Hall–Kier alpha value is -2.46. The van der Waals surface area contributed by atoms with E-state index in [9.17, 15) is 4.79 Å². The minimum Gasteiger partial charge on any atom is -0.483 e. The molecule has 1 aromatic rings. The second-order valence-corrected chi connectivity index (χ2v) is 8.95. The zero-order valence-corrected chi connectivity index (χ0v) is 19.3. The quantitative estimate of drug-likeness (QED) is 0.638. The van der Waals surface area contributed by atoms with Crippen LogP contribution in [0.15, 0.2) is 12.5 Å². The number of hydrogen-bond donors (Lipinski definition) is 2. The second kappa shape index (κ2) is 12.5. The van der Waals surface area contributed by atoms with Gasteiger partial charge in [-0.3, -0.25) is 19.3 Å². The number of aromatic nitrogens is 2. The summed E-state index contributed by atoms with van der Waals surface area (Å²) in [5.74, 6) is 1.62. The van der Waals surface area contributed by atoms with Gasteiger partial charge in [0.15, 0.2) is 0 Å². The highest BCUT2D eigenvalue weighted by Gasteiger charge is 2.49. The Balaban J connectivity index is 0.000000547. The predicted octanol–water partition coefficient (Wildman–Crippen LogP) is 1.07. The van der Waals surface area contributed by atoms with E-state index in [4.69, 9.17) is 19.8 Å². The highest BCUT2D eigenvalue weighted by Crippen LogP contribution is 2.41. The largest absolute Gasteiger partial charge is 0.483 e. The number of hydrogen-bond acceptors (Lipinski definition) is 6. The third-order valence-electron chi connectivity index (χ3n) is 6.56. The highest BCUT2D eigenvalue weighted by molar-refractivity contribution is 5.78. The van der Waals surface area contributed by atoms with E-state index < -0.39 is 0 Å². The molecule has 10 nitrogen and oxygen atoms in total. The third kappa shape index (κ3) is 6.52. The summed E-state index contributed by atoms with van der Waals surface area (Å²) in [7, 11) is 4.26. The number of aryl methyl sites for hydroxylation is 1. The number of carbonyl (C=O) groups excluding carboxylic acids is 1. The van der Waals surface area contributed by atoms with Crippen LogP contribution in [0.4, 0.5) is 0 Å². The lowest BCUT2D eigenvalue weighted by molar-refractivity contribution is -0.153. The van der Waals surface area contributed by atoms with Gasteiger partial charge in [0.1, 0.15) is 0 Å². The van der Waals surface area contributed by atoms with Crippen LogP contribution in [0.5, 0.6) is 0 Å². The van der Waals surface area contributed by atoms with E-state index in [0.717, 1.165) is 45.6 Å². The van der Waals surface area contributed by atoms with Crippen LogP contribution in [-0.2, 0) is 27.5 Å². The molecule has 0 unspecified atom stereocenters. The Morgan fingerprint density at radius 2 is 1.84 bits per heavy atom. The average molecular weight is 452 g/mol. The zero-order valence-electron chi connectivity index (χ0n) is 19.3. The molecule has 3 fully saturated rings. The lowest BCUT2D eigenvalue weighted by Crippen LogP contribution is -2.66. The number of carbonyl (C=O) groups is 3. The molecule has 3 aliphatic rings. The maximum absolute atomic E-state index is 12.7. The van der Waals surface area contributed by atoms with Gasteiger partial charge in [0.25, 0.3) is 12.9 Å². The lowest BCUT2D eigenvalue weighted by Gasteiger charge is -2.57. The molecular weight excluding hydrogens is 414 g/mol. The van der Waals surface area contributed by atoms with Gasteiger partial charge in [-0.2, -0.15) is 0 Å². The van der Waals surface area contributed by atoms with Gasteiger partial charge < -0.3 is 24.6 Å². The van der Waals surface area contributed by atoms with Crippen LogP contribution in [-0.4, -0.2) is 99.1 Å².